The second kappa shape index (κ2) is 15.0. The molecule has 0 spiro atoms. The second-order valence-corrected chi connectivity index (χ2v) is 16.3. The number of hydrogen-bond acceptors (Lipinski definition) is 7. The largest absolute Gasteiger partial charge is 0.484 e. The van der Waals surface area contributed by atoms with Crippen LogP contribution in [0.25, 0.3) is 11.3 Å². The van der Waals surface area contributed by atoms with Crippen LogP contribution in [0.4, 0.5) is 21.0 Å². The number of likely N-dealkylation sites (tertiary alicyclic amines) is 1. The third-order valence-electron chi connectivity index (χ3n) is 11.3. The lowest BCUT2D eigenvalue weighted by molar-refractivity contribution is 0.145. The van der Waals surface area contributed by atoms with Crippen LogP contribution in [0.15, 0.2) is 72.9 Å². The van der Waals surface area contributed by atoms with E-state index in [-0.39, 0.29) is 23.6 Å². The number of nitrogens with one attached hydrogen (secondary N) is 2. The van der Waals surface area contributed by atoms with Crippen LogP contribution in [0.2, 0.25) is 0 Å². The number of halogens is 1. The van der Waals surface area contributed by atoms with Gasteiger partial charge in [0.15, 0.2) is 5.65 Å². The summed E-state index contributed by atoms with van der Waals surface area (Å²) in [5.74, 6) is 2.22. The highest BCUT2D eigenvalue weighted by Crippen LogP contribution is 2.39. The summed E-state index contributed by atoms with van der Waals surface area (Å²) >= 11 is 0. The monoisotopic (exact) mass is 733 g/mol. The number of ether oxygens (including phenoxy) is 1. The summed E-state index contributed by atoms with van der Waals surface area (Å²) < 4.78 is 24.2. The maximum absolute atomic E-state index is 13.7. The second-order valence-electron chi connectivity index (χ2n) is 16.3. The van der Waals surface area contributed by atoms with E-state index in [2.05, 4.69) is 82.6 Å². The smallest absolute Gasteiger partial charge is 0.320 e. The topological polar surface area (TPSA) is 105 Å². The summed E-state index contributed by atoms with van der Waals surface area (Å²) in [6.07, 6.45) is 7.35. The van der Waals surface area contributed by atoms with Crippen molar-refractivity contribution in [2.75, 3.05) is 29.9 Å². The van der Waals surface area contributed by atoms with Crippen molar-refractivity contribution in [3.63, 3.8) is 0 Å². The number of aromatic nitrogens is 5. The number of benzene rings is 2. The van der Waals surface area contributed by atoms with Crippen molar-refractivity contribution in [2.24, 2.45) is 0 Å². The molecule has 8 rings (SSSR count). The van der Waals surface area contributed by atoms with Crippen molar-refractivity contribution in [2.45, 2.75) is 109 Å². The van der Waals surface area contributed by atoms with Gasteiger partial charge in [-0.1, -0.05) is 57.2 Å². The van der Waals surface area contributed by atoms with Crippen LogP contribution in [-0.4, -0.2) is 67.2 Å². The fraction of sp³-hybridized carbons (Fsp3) is 0.476. The van der Waals surface area contributed by atoms with Crippen molar-refractivity contribution in [1.29, 1.82) is 0 Å². The fourth-order valence-electron chi connectivity index (χ4n) is 8.11. The first-order valence-corrected chi connectivity index (χ1v) is 19.6. The van der Waals surface area contributed by atoms with Crippen LogP contribution in [0, 0.1) is 0 Å². The lowest BCUT2D eigenvalue weighted by Gasteiger charge is -2.33. The molecule has 0 radical (unpaired) electrons. The minimum absolute atomic E-state index is 0.164. The van der Waals surface area contributed by atoms with Crippen molar-refractivity contribution in [3.8, 4) is 11.4 Å². The Morgan fingerprint density at radius 1 is 0.907 bits per heavy atom. The summed E-state index contributed by atoms with van der Waals surface area (Å²) in [6, 6.07) is 22.3. The number of rotatable bonds is 8. The van der Waals surface area contributed by atoms with E-state index in [1.54, 1.807) is 4.68 Å². The van der Waals surface area contributed by atoms with Gasteiger partial charge in [-0.3, -0.25) is 14.6 Å². The van der Waals surface area contributed by atoms with Gasteiger partial charge in [-0.2, -0.15) is 5.10 Å². The molecule has 3 aromatic heterocycles. The van der Waals surface area contributed by atoms with Gasteiger partial charge in [0, 0.05) is 43.7 Å². The van der Waals surface area contributed by atoms with Gasteiger partial charge in [0.1, 0.15) is 23.8 Å². The van der Waals surface area contributed by atoms with Crippen LogP contribution in [0.1, 0.15) is 107 Å². The van der Waals surface area contributed by atoms with Crippen LogP contribution in [-0.2, 0) is 12.0 Å². The van der Waals surface area contributed by atoms with Gasteiger partial charge in [-0.05, 0) is 92.8 Å². The molecule has 2 N–H and O–H groups in total. The van der Waals surface area contributed by atoms with E-state index in [1.807, 2.05) is 53.1 Å². The first-order valence-electron chi connectivity index (χ1n) is 19.6. The SMILES string of the molecule is CC1CCCCN1c1nnc2ccc(O[C@@H]3CC[C@H](NC(=O)Nc4cc(C(C)(C)C)nn4-c4ccc(CN5CCC(F)CC5)cc4)c4ccccc43)cn12. The molecule has 12 heteroatoms. The van der Waals surface area contributed by atoms with E-state index in [0.29, 0.717) is 24.7 Å². The fourth-order valence-corrected chi connectivity index (χ4v) is 8.11. The molecule has 3 atom stereocenters. The van der Waals surface area contributed by atoms with Crippen molar-refractivity contribution >= 4 is 23.4 Å². The Bertz CT molecular complexity index is 2080. The Morgan fingerprint density at radius 2 is 1.69 bits per heavy atom. The molecule has 5 heterocycles. The van der Waals surface area contributed by atoms with E-state index in [0.717, 1.165) is 91.7 Å². The summed E-state index contributed by atoms with van der Waals surface area (Å²) in [6.45, 7) is 11.9. The minimum atomic E-state index is -0.683. The molecule has 3 aliphatic rings. The lowest BCUT2D eigenvalue weighted by Crippen LogP contribution is -2.38. The number of carbonyl (C=O) groups excluding carboxylic acids is 1. The zero-order valence-corrected chi connectivity index (χ0v) is 31.8. The number of alkyl halides is 1. The summed E-state index contributed by atoms with van der Waals surface area (Å²) in [5, 5.41) is 20.3. The Balaban J connectivity index is 0.965. The molecule has 0 bridgehead atoms. The van der Waals surface area contributed by atoms with E-state index < -0.39 is 6.17 Å². The van der Waals surface area contributed by atoms with Crippen molar-refractivity contribution in [3.05, 3.63) is 95.3 Å². The predicted octanol–water partition coefficient (Wildman–Crippen LogP) is 8.30. The number of carbonyl (C=O) groups is 1. The highest BCUT2D eigenvalue weighted by atomic mass is 19.1. The third kappa shape index (κ3) is 7.66. The molecule has 1 unspecified atom stereocenters. The molecule has 2 amide bonds. The summed E-state index contributed by atoms with van der Waals surface area (Å²) in [7, 11) is 0. The molecule has 1 aliphatic carbocycles. The Kier molecular flexibility index (Phi) is 10.0. The molecule has 11 nitrogen and oxygen atoms in total. The highest BCUT2D eigenvalue weighted by molar-refractivity contribution is 5.89. The van der Waals surface area contributed by atoms with Crippen LogP contribution >= 0.6 is 0 Å². The predicted molar refractivity (Wildman–Crippen MR) is 209 cm³/mol. The van der Waals surface area contributed by atoms with Gasteiger partial charge in [-0.25, -0.2) is 13.9 Å². The first-order chi connectivity index (χ1) is 26.1. The van der Waals surface area contributed by atoms with E-state index in [4.69, 9.17) is 9.84 Å². The number of nitrogens with zero attached hydrogens (tertiary/aromatic N) is 7. The lowest BCUT2D eigenvalue weighted by atomic mass is 9.85. The number of piperidine rings is 2. The van der Waals surface area contributed by atoms with Crippen LogP contribution in [0.5, 0.6) is 5.75 Å². The molecule has 54 heavy (non-hydrogen) atoms. The number of urea groups is 1. The average molecular weight is 734 g/mol. The molecule has 2 aromatic carbocycles. The van der Waals surface area contributed by atoms with E-state index in [9.17, 15) is 9.18 Å². The molecule has 2 fully saturated rings. The molecular weight excluding hydrogens is 682 g/mol. The zero-order valence-electron chi connectivity index (χ0n) is 31.8. The third-order valence-corrected chi connectivity index (χ3v) is 11.3. The maximum Gasteiger partial charge on any atom is 0.320 e. The van der Waals surface area contributed by atoms with E-state index >= 15 is 0 Å². The number of amides is 2. The number of hydrogen-bond donors (Lipinski definition) is 2. The number of pyridine rings is 1. The number of fused-ring (bicyclic) bond motifs is 2. The van der Waals surface area contributed by atoms with Gasteiger partial charge in [-0.15, -0.1) is 10.2 Å². The van der Waals surface area contributed by atoms with Crippen molar-refractivity contribution in [1.82, 2.24) is 34.6 Å². The molecule has 0 saturated carbocycles. The zero-order chi connectivity index (χ0) is 37.4. The quantitative estimate of drug-likeness (QED) is 0.165. The molecule has 2 aliphatic heterocycles. The minimum Gasteiger partial charge on any atom is -0.484 e. The normalized spacial score (nSPS) is 21.2. The maximum atomic E-state index is 13.7. The Labute approximate surface area is 316 Å². The molecule has 284 valence electrons. The highest BCUT2D eigenvalue weighted by Gasteiger charge is 2.31. The molecule has 5 aromatic rings. The van der Waals surface area contributed by atoms with Crippen molar-refractivity contribution < 1.29 is 13.9 Å². The first kappa shape index (κ1) is 36.0. The molecule has 2 saturated heterocycles. The van der Waals surface area contributed by atoms with E-state index in [1.165, 1.54) is 12.0 Å². The standard InChI is InChI=1S/C42H52FN9O2/c1-28-9-7-8-22-50(28)41-47-46-38-19-16-32(27-51(38)41)54-36-18-17-35(33-10-5-6-11-34(33)36)44-40(53)45-39-25-37(42(2,3)4)48-52(39)31-14-12-29(13-15-31)26-49-23-20-30(43)21-24-49/h5-6,10-16,19,25,27-28,30,35-36H,7-9,17-18,20-24,26H2,1-4H3,(H2,44,45,53)/t28?,35-,36+/m0/s1. The van der Waals surface area contributed by atoms with Gasteiger partial charge in [0.2, 0.25) is 5.95 Å². The van der Waals surface area contributed by atoms with Crippen LogP contribution < -0.4 is 20.3 Å². The summed E-state index contributed by atoms with van der Waals surface area (Å²) in [5.41, 5.74) is 5.60. The van der Waals surface area contributed by atoms with Gasteiger partial charge < -0.3 is 15.0 Å². The van der Waals surface area contributed by atoms with Gasteiger partial charge in [0.05, 0.1) is 23.6 Å². The Morgan fingerprint density at radius 3 is 2.44 bits per heavy atom. The van der Waals surface area contributed by atoms with Gasteiger partial charge in [0.25, 0.3) is 0 Å². The van der Waals surface area contributed by atoms with Gasteiger partial charge >= 0.3 is 6.03 Å². The summed E-state index contributed by atoms with van der Waals surface area (Å²) in [4.78, 5) is 18.4. The Hall–Kier alpha value is -4.97. The molecular formula is C42H52FN9O2. The van der Waals surface area contributed by atoms with Crippen LogP contribution in [0.3, 0.4) is 0 Å². The average Bonchev–Trinajstić information content (AvgIpc) is 3.79. The number of anilines is 2.